The number of rotatable bonds is 4. The van der Waals surface area contributed by atoms with Gasteiger partial charge in [0.05, 0.1) is 18.1 Å². The van der Waals surface area contributed by atoms with Gasteiger partial charge in [-0.1, -0.05) is 20.8 Å². The monoisotopic (exact) mass is 407 g/mol. The summed E-state index contributed by atoms with van der Waals surface area (Å²) in [6.45, 7) is 7.32. The highest BCUT2D eigenvalue weighted by molar-refractivity contribution is 5.86. The number of hydrogen-bond acceptors (Lipinski definition) is 6. The van der Waals surface area contributed by atoms with E-state index in [2.05, 4.69) is 20.8 Å². The summed E-state index contributed by atoms with van der Waals surface area (Å²) >= 11 is 0. The zero-order valence-electron chi connectivity index (χ0n) is 18.5. The molecule has 0 aromatic rings. The third kappa shape index (κ3) is 4.04. The highest BCUT2D eigenvalue weighted by atomic mass is 16.5. The van der Waals surface area contributed by atoms with Crippen molar-refractivity contribution >= 4 is 11.8 Å². The van der Waals surface area contributed by atoms with Crippen LogP contribution in [0.3, 0.4) is 0 Å². The van der Waals surface area contributed by atoms with Gasteiger partial charge in [0, 0.05) is 19.0 Å². The van der Waals surface area contributed by atoms with Crippen LogP contribution in [0, 0.1) is 28.6 Å². The molecule has 0 spiro atoms. The van der Waals surface area contributed by atoms with Crippen molar-refractivity contribution in [3.63, 3.8) is 0 Å². The zero-order valence-corrected chi connectivity index (χ0v) is 18.5. The second-order valence-corrected chi connectivity index (χ2v) is 10.4. The van der Waals surface area contributed by atoms with Gasteiger partial charge in [0.25, 0.3) is 0 Å². The molecule has 3 fully saturated rings. The first-order valence-corrected chi connectivity index (χ1v) is 10.9. The van der Waals surface area contributed by atoms with Crippen LogP contribution in [-0.4, -0.2) is 66.3 Å². The molecule has 0 bridgehead atoms. The lowest BCUT2D eigenvalue weighted by Gasteiger charge is -2.61. The van der Waals surface area contributed by atoms with Crippen molar-refractivity contribution in [1.82, 2.24) is 4.90 Å². The van der Waals surface area contributed by atoms with Crippen LogP contribution in [0.5, 0.6) is 0 Å². The molecule has 0 aromatic heterocycles. The minimum atomic E-state index is -0.921. The van der Waals surface area contributed by atoms with Gasteiger partial charge in [0.1, 0.15) is 12.4 Å². The van der Waals surface area contributed by atoms with E-state index >= 15 is 0 Å². The average Bonchev–Trinajstić information content (AvgIpc) is 2.63. The lowest BCUT2D eigenvalue weighted by atomic mass is 9.43. The van der Waals surface area contributed by atoms with Crippen molar-refractivity contribution in [2.75, 3.05) is 27.2 Å². The molecule has 0 amide bonds. The van der Waals surface area contributed by atoms with E-state index in [1.807, 2.05) is 19.0 Å². The van der Waals surface area contributed by atoms with Gasteiger partial charge < -0.3 is 19.8 Å². The third-order valence-electron chi connectivity index (χ3n) is 8.12. The first-order valence-electron chi connectivity index (χ1n) is 10.9. The number of carbonyl (C=O) groups is 2. The summed E-state index contributed by atoms with van der Waals surface area (Å²) in [5.74, 6) is -0.650. The van der Waals surface area contributed by atoms with Gasteiger partial charge in [-0.3, -0.25) is 4.79 Å². The topological polar surface area (TPSA) is 87.1 Å². The molecule has 6 heteroatoms. The molecule has 0 saturated heterocycles. The van der Waals surface area contributed by atoms with Crippen LogP contribution >= 0.6 is 0 Å². The standard InChI is InChI=1S/C23H37NO5/c1-22(2)17-13-16(25)20-15(23(17,3)9-8-18(22)26)7-6-14(21(20)28)12-19(27)29-11-10-24(4)5/h12,15,17-18,20-21,26,28H,6-11,13H2,1-5H3/b14-12+/t15-,17?,18-,20-,21-,23+/m0/s1. The Morgan fingerprint density at radius 3 is 2.59 bits per heavy atom. The van der Waals surface area contributed by atoms with Crippen molar-refractivity contribution in [3.05, 3.63) is 11.6 Å². The predicted molar refractivity (Wildman–Crippen MR) is 110 cm³/mol. The average molecular weight is 408 g/mol. The fraction of sp³-hybridized carbons (Fsp3) is 0.826. The fourth-order valence-electron chi connectivity index (χ4n) is 6.27. The van der Waals surface area contributed by atoms with Gasteiger partial charge in [-0.2, -0.15) is 0 Å². The van der Waals surface area contributed by atoms with E-state index in [9.17, 15) is 19.8 Å². The van der Waals surface area contributed by atoms with Crippen LogP contribution in [0.15, 0.2) is 11.6 Å². The lowest BCUT2D eigenvalue weighted by Crippen LogP contribution is -2.61. The Morgan fingerprint density at radius 1 is 1.24 bits per heavy atom. The molecule has 0 aromatic carbocycles. The van der Waals surface area contributed by atoms with Crippen LogP contribution in [0.25, 0.3) is 0 Å². The summed E-state index contributed by atoms with van der Waals surface area (Å²) in [5.41, 5.74) is 0.219. The minimum Gasteiger partial charge on any atom is -0.461 e. The van der Waals surface area contributed by atoms with Crippen LogP contribution in [-0.2, 0) is 14.3 Å². The van der Waals surface area contributed by atoms with Crippen molar-refractivity contribution in [2.24, 2.45) is 28.6 Å². The number of fused-ring (bicyclic) bond motifs is 3. The number of nitrogens with zero attached hydrogens (tertiary/aromatic N) is 1. The van der Waals surface area contributed by atoms with E-state index < -0.39 is 24.1 Å². The lowest BCUT2D eigenvalue weighted by molar-refractivity contribution is -0.176. The molecule has 3 rings (SSSR count). The molecule has 3 aliphatic carbocycles. The van der Waals surface area contributed by atoms with Crippen LogP contribution in [0.4, 0.5) is 0 Å². The Hall–Kier alpha value is -1.24. The molecule has 3 aliphatic rings. The number of esters is 1. The normalized spacial score (nSPS) is 40.5. The van der Waals surface area contributed by atoms with Gasteiger partial charge in [-0.05, 0) is 68.0 Å². The molecule has 2 N–H and O–H groups in total. The molecule has 0 radical (unpaired) electrons. The second-order valence-electron chi connectivity index (χ2n) is 10.4. The van der Waals surface area contributed by atoms with Crippen LogP contribution in [0.2, 0.25) is 0 Å². The Balaban J connectivity index is 1.78. The largest absolute Gasteiger partial charge is 0.461 e. The first kappa shape index (κ1) is 22.4. The van der Waals surface area contributed by atoms with E-state index in [0.29, 0.717) is 31.6 Å². The van der Waals surface area contributed by atoms with Gasteiger partial charge in [0.15, 0.2) is 0 Å². The van der Waals surface area contributed by atoms with Crippen molar-refractivity contribution in [2.45, 2.75) is 65.1 Å². The Bertz CT molecular complexity index is 685. The highest BCUT2D eigenvalue weighted by Crippen LogP contribution is 2.63. The maximum Gasteiger partial charge on any atom is 0.330 e. The number of carbonyl (C=O) groups excluding carboxylic acids is 2. The SMILES string of the molecule is CN(C)CCOC(=O)/C=C1\CC[C@H]2[C@@H](C(=O)CC3C(C)(C)[C@@H](O)CC[C@@]32C)[C@H]1O. The van der Waals surface area contributed by atoms with Crippen LogP contribution < -0.4 is 0 Å². The second kappa shape index (κ2) is 8.12. The van der Waals surface area contributed by atoms with Crippen LogP contribution in [0.1, 0.15) is 52.9 Å². The maximum atomic E-state index is 13.1. The summed E-state index contributed by atoms with van der Waals surface area (Å²) in [6, 6.07) is 0. The first-order chi connectivity index (χ1) is 13.5. The van der Waals surface area contributed by atoms with Crippen molar-refractivity contribution < 1.29 is 24.5 Å². The molecular weight excluding hydrogens is 370 g/mol. The quantitative estimate of drug-likeness (QED) is 0.549. The van der Waals surface area contributed by atoms with Gasteiger partial charge in [-0.15, -0.1) is 0 Å². The molecule has 0 heterocycles. The molecule has 164 valence electrons. The van der Waals surface area contributed by atoms with Gasteiger partial charge in [0.2, 0.25) is 0 Å². The minimum absolute atomic E-state index is 0.0683. The molecule has 3 saturated carbocycles. The number of Topliss-reactive ketones (excluding diaryl/α,β-unsaturated/α-hetero) is 1. The number of hydrogen-bond donors (Lipinski definition) is 2. The summed E-state index contributed by atoms with van der Waals surface area (Å²) < 4.78 is 5.23. The summed E-state index contributed by atoms with van der Waals surface area (Å²) in [6.07, 6.45) is 3.45. The van der Waals surface area contributed by atoms with E-state index in [1.54, 1.807) is 0 Å². The number of ketones is 1. The summed E-state index contributed by atoms with van der Waals surface area (Å²) in [7, 11) is 3.82. The number of ether oxygens (including phenoxy) is 1. The highest BCUT2D eigenvalue weighted by Gasteiger charge is 2.61. The number of likely N-dealkylation sites (N-methyl/N-ethyl adjacent to an activating group) is 1. The maximum absolute atomic E-state index is 13.1. The van der Waals surface area contributed by atoms with Crippen molar-refractivity contribution in [1.29, 1.82) is 0 Å². The van der Waals surface area contributed by atoms with Crippen molar-refractivity contribution in [3.8, 4) is 0 Å². The summed E-state index contributed by atoms with van der Waals surface area (Å²) in [5, 5.41) is 21.6. The number of aliphatic hydroxyl groups excluding tert-OH is 2. The molecule has 1 unspecified atom stereocenters. The summed E-state index contributed by atoms with van der Waals surface area (Å²) in [4.78, 5) is 27.2. The van der Waals surface area contributed by atoms with Gasteiger partial charge in [-0.25, -0.2) is 4.79 Å². The predicted octanol–water partition coefficient (Wildman–Crippen LogP) is 2.18. The number of aliphatic hydroxyl groups is 2. The molecule has 29 heavy (non-hydrogen) atoms. The van der Waals surface area contributed by atoms with E-state index in [0.717, 1.165) is 19.3 Å². The Kier molecular flexibility index (Phi) is 6.29. The molecule has 6 atom stereocenters. The molecule has 0 aliphatic heterocycles. The zero-order chi connectivity index (χ0) is 21.6. The van der Waals surface area contributed by atoms with E-state index in [4.69, 9.17) is 4.74 Å². The third-order valence-corrected chi connectivity index (χ3v) is 8.12. The van der Waals surface area contributed by atoms with E-state index in [1.165, 1.54) is 6.08 Å². The molecule has 6 nitrogen and oxygen atoms in total. The Labute approximate surface area is 174 Å². The smallest absolute Gasteiger partial charge is 0.330 e. The molecular formula is C23H37NO5. The van der Waals surface area contributed by atoms with Gasteiger partial charge >= 0.3 is 5.97 Å². The van der Waals surface area contributed by atoms with E-state index in [-0.39, 0.29) is 28.4 Å². The Morgan fingerprint density at radius 2 is 1.93 bits per heavy atom. The fourth-order valence-corrected chi connectivity index (χ4v) is 6.27.